The van der Waals surface area contributed by atoms with Gasteiger partial charge in [0.15, 0.2) is 17.5 Å². The van der Waals surface area contributed by atoms with Crippen LogP contribution in [-0.4, -0.2) is 24.1 Å². The molecule has 0 fully saturated rings. The Hall–Kier alpha value is -10.2. The lowest BCUT2D eigenvalue weighted by atomic mass is 9.98. The van der Waals surface area contributed by atoms with Crippen LogP contribution in [0.5, 0.6) is 0 Å². The molecule has 0 bridgehead atoms. The van der Waals surface area contributed by atoms with Crippen molar-refractivity contribution in [3.05, 3.63) is 248 Å². The van der Waals surface area contributed by atoms with Crippen molar-refractivity contribution >= 4 is 43.6 Å². The first-order valence-electron chi connectivity index (χ1n) is 23.8. The van der Waals surface area contributed by atoms with Crippen molar-refractivity contribution in [2.45, 2.75) is 0 Å². The molecule has 3 heterocycles. The minimum absolute atomic E-state index is 0.520. The molecule has 13 aromatic rings. The quantitative estimate of drug-likeness (QED) is 0.151. The second-order valence-corrected chi connectivity index (χ2v) is 17.9. The summed E-state index contributed by atoms with van der Waals surface area (Å²) in [5.41, 5.74) is 15.8. The zero-order valence-electron chi connectivity index (χ0n) is 38.6. The van der Waals surface area contributed by atoms with Gasteiger partial charge in [-0.3, -0.25) is 0 Å². The maximum Gasteiger partial charge on any atom is 0.166 e. The molecule has 7 heteroatoms. The molecule has 334 valence electrons. The van der Waals surface area contributed by atoms with Crippen LogP contribution < -0.4 is 0 Å². The summed E-state index contributed by atoms with van der Waals surface area (Å²) in [5.74, 6) is 1.65. The first-order chi connectivity index (χ1) is 35.6. The van der Waals surface area contributed by atoms with Crippen LogP contribution in [0.15, 0.2) is 237 Å². The number of para-hydroxylation sites is 2. The van der Waals surface area contributed by atoms with Gasteiger partial charge in [-0.25, -0.2) is 15.0 Å². The van der Waals surface area contributed by atoms with Gasteiger partial charge in [-0.2, -0.15) is 10.5 Å². The molecule has 0 aliphatic heterocycles. The molecule has 3 aromatic heterocycles. The lowest BCUT2D eigenvalue weighted by molar-refractivity contribution is 1.06. The second kappa shape index (κ2) is 17.4. The van der Waals surface area contributed by atoms with E-state index in [1.807, 2.05) is 109 Å². The van der Waals surface area contributed by atoms with Crippen LogP contribution in [-0.2, 0) is 0 Å². The molecule has 10 aromatic carbocycles. The van der Waals surface area contributed by atoms with Gasteiger partial charge in [0.2, 0.25) is 0 Å². The van der Waals surface area contributed by atoms with Crippen molar-refractivity contribution in [2.75, 3.05) is 0 Å². The monoisotopic (exact) mass is 917 g/mol. The molecule has 0 aliphatic carbocycles. The normalized spacial score (nSPS) is 11.3. The summed E-state index contributed by atoms with van der Waals surface area (Å²) < 4.78 is 4.66. The molecular weight excluding hydrogens is 879 g/mol. The van der Waals surface area contributed by atoms with Gasteiger partial charge >= 0.3 is 0 Å². The van der Waals surface area contributed by atoms with Gasteiger partial charge < -0.3 is 9.13 Å². The Kier molecular flexibility index (Phi) is 10.1. The Labute approximate surface area is 415 Å². The predicted octanol–water partition coefficient (Wildman–Crippen LogP) is 15.8. The lowest BCUT2D eigenvalue weighted by Gasteiger charge is -2.17. The van der Waals surface area contributed by atoms with Crippen molar-refractivity contribution in [3.8, 4) is 91.1 Å². The number of aromatic nitrogens is 5. The number of fused-ring (bicyclic) bond motifs is 6. The van der Waals surface area contributed by atoms with E-state index in [0.29, 0.717) is 28.6 Å². The van der Waals surface area contributed by atoms with Gasteiger partial charge in [-0.05, 0) is 112 Å². The van der Waals surface area contributed by atoms with Crippen molar-refractivity contribution in [2.24, 2.45) is 0 Å². The van der Waals surface area contributed by atoms with Crippen molar-refractivity contribution in [3.63, 3.8) is 0 Å². The summed E-state index contributed by atoms with van der Waals surface area (Å²) in [4.78, 5) is 15.8. The highest BCUT2D eigenvalue weighted by Crippen LogP contribution is 2.42. The molecule has 13 rings (SSSR count). The van der Waals surface area contributed by atoms with Gasteiger partial charge in [0, 0.05) is 43.9 Å². The van der Waals surface area contributed by atoms with Gasteiger partial charge in [-0.1, -0.05) is 158 Å². The zero-order chi connectivity index (χ0) is 48.1. The fourth-order valence-corrected chi connectivity index (χ4v) is 10.2. The molecular formula is C65H39N7. The number of hydrogen-bond acceptors (Lipinski definition) is 5. The first-order valence-corrected chi connectivity index (χ1v) is 23.8. The van der Waals surface area contributed by atoms with E-state index in [9.17, 15) is 10.5 Å². The Bertz CT molecular complexity index is 4180. The molecule has 0 atom stereocenters. The Morgan fingerprint density at radius 2 is 0.736 bits per heavy atom. The van der Waals surface area contributed by atoms with Gasteiger partial charge in [0.1, 0.15) is 0 Å². The van der Waals surface area contributed by atoms with E-state index in [1.165, 1.54) is 5.39 Å². The highest BCUT2D eigenvalue weighted by molar-refractivity contribution is 6.13. The summed E-state index contributed by atoms with van der Waals surface area (Å²) in [7, 11) is 0. The fourth-order valence-electron chi connectivity index (χ4n) is 10.2. The molecule has 0 aliphatic rings. The van der Waals surface area contributed by atoms with E-state index >= 15 is 0 Å². The molecule has 0 saturated carbocycles. The number of nitrogens with zero attached hydrogens (tertiary/aromatic N) is 7. The molecule has 0 spiro atoms. The van der Waals surface area contributed by atoms with E-state index in [4.69, 9.17) is 15.0 Å². The van der Waals surface area contributed by atoms with Crippen LogP contribution in [0, 0.1) is 22.7 Å². The third kappa shape index (κ3) is 7.25. The Morgan fingerprint density at radius 3 is 1.33 bits per heavy atom. The second-order valence-electron chi connectivity index (χ2n) is 17.9. The molecule has 0 saturated heterocycles. The summed E-state index contributed by atoms with van der Waals surface area (Å²) in [6.07, 6.45) is 0. The molecule has 0 amide bonds. The minimum atomic E-state index is 0.520. The third-order valence-corrected chi connectivity index (χ3v) is 13.6. The van der Waals surface area contributed by atoms with Crippen molar-refractivity contribution < 1.29 is 0 Å². The highest BCUT2D eigenvalue weighted by atomic mass is 15.1. The SMILES string of the molecule is N#Cc1cccc(-c2ccc3c4ccc(-c5cccc(C#N)c5)cc4n(-c4ccc(-c5ccc6c(c5)c5ccccc5n6-c5ccccc5)cc4-c4nc(-c5ccccc5)nc(-c5ccccc5)n4)c3c2)c1. The summed E-state index contributed by atoms with van der Waals surface area (Å²) in [5, 5.41) is 24.3. The van der Waals surface area contributed by atoms with Gasteiger partial charge in [0.25, 0.3) is 0 Å². The summed E-state index contributed by atoms with van der Waals surface area (Å²) >= 11 is 0. The molecule has 7 nitrogen and oxygen atoms in total. The molecule has 72 heavy (non-hydrogen) atoms. The smallest absolute Gasteiger partial charge is 0.166 e. The van der Waals surface area contributed by atoms with E-state index in [1.54, 1.807) is 0 Å². The largest absolute Gasteiger partial charge is 0.309 e. The zero-order valence-corrected chi connectivity index (χ0v) is 38.6. The number of rotatable bonds is 8. The van der Waals surface area contributed by atoms with Crippen LogP contribution in [0.2, 0.25) is 0 Å². The standard InChI is InChI=1S/C65H39N7/c66-40-42-14-12-20-46(34-42)50-26-30-54-55-31-27-51(47-21-13-15-43(35-47)41-67)39-62(55)72(61(54)38-50)60-33-29-49(48-28-32-59-56(36-48)53-24-10-11-25-58(53)71(59)52-22-8-3-9-23-52)37-57(60)65-69-63(44-16-4-1-5-17-44)68-64(70-65)45-18-6-2-7-19-45/h1-39H. The molecule has 0 N–H and O–H groups in total. The van der Waals surface area contributed by atoms with E-state index in [-0.39, 0.29) is 0 Å². The Morgan fingerprint density at radius 1 is 0.292 bits per heavy atom. The predicted molar refractivity (Wildman–Crippen MR) is 291 cm³/mol. The van der Waals surface area contributed by atoms with Crippen LogP contribution in [0.4, 0.5) is 0 Å². The highest BCUT2D eigenvalue weighted by Gasteiger charge is 2.22. The topological polar surface area (TPSA) is 96.1 Å². The lowest BCUT2D eigenvalue weighted by Crippen LogP contribution is -2.04. The average molecular weight is 918 g/mol. The van der Waals surface area contributed by atoms with Gasteiger partial charge in [0.05, 0.1) is 51.0 Å². The van der Waals surface area contributed by atoms with Crippen LogP contribution in [0.3, 0.4) is 0 Å². The minimum Gasteiger partial charge on any atom is -0.309 e. The van der Waals surface area contributed by atoms with Crippen molar-refractivity contribution in [1.29, 1.82) is 10.5 Å². The van der Waals surface area contributed by atoms with Gasteiger partial charge in [-0.15, -0.1) is 0 Å². The van der Waals surface area contributed by atoms with Crippen LogP contribution >= 0.6 is 0 Å². The summed E-state index contributed by atoms with van der Waals surface area (Å²) in [6.45, 7) is 0. The van der Waals surface area contributed by atoms with E-state index in [0.717, 1.165) is 99.7 Å². The van der Waals surface area contributed by atoms with Crippen LogP contribution in [0.25, 0.3) is 123 Å². The maximum atomic E-state index is 9.91. The fraction of sp³-hybridized carbons (Fsp3) is 0. The summed E-state index contributed by atoms with van der Waals surface area (Å²) in [6, 6.07) is 85.8. The third-order valence-electron chi connectivity index (χ3n) is 13.6. The van der Waals surface area contributed by atoms with E-state index < -0.39 is 0 Å². The number of hydrogen-bond donors (Lipinski definition) is 0. The molecule has 0 unspecified atom stereocenters. The number of benzene rings is 10. The maximum absolute atomic E-state index is 9.91. The number of nitriles is 2. The average Bonchev–Trinajstić information content (AvgIpc) is 3.97. The first kappa shape index (κ1) is 41.9. The van der Waals surface area contributed by atoms with Crippen molar-refractivity contribution in [1.82, 2.24) is 24.1 Å². The van der Waals surface area contributed by atoms with Crippen LogP contribution in [0.1, 0.15) is 11.1 Å². The van der Waals surface area contributed by atoms with E-state index in [2.05, 4.69) is 149 Å². The molecule has 0 radical (unpaired) electrons. The Balaban J connectivity index is 1.11.